The fourth-order valence-corrected chi connectivity index (χ4v) is 5.76. The van der Waals surface area contributed by atoms with E-state index in [0.717, 1.165) is 15.4 Å². The summed E-state index contributed by atoms with van der Waals surface area (Å²) in [5.41, 5.74) is 1.96. The highest BCUT2D eigenvalue weighted by molar-refractivity contribution is 7.92. The van der Waals surface area contributed by atoms with E-state index in [1.54, 1.807) is 37.3 Å². The Kier molecular flexibility index (Phi) is 9.95. The van der Waals surface area contributed by atoms with Gasteiger partial charge in [-0.2, -0.15) is 0 Å². The Morgan fingerprint density at radius 2 is 1.67 bits per heavy atom. The summed E-state index contributed by atoms with van der Waals surface area (Å²) < 4.78 is 39.8. The molecule has 3 aromatic rings. The van der Waals surface area contributed by atoms with Crippen molar-refractivity contribution in [3.05, 3.63) is 83.9 Å². The molecule has 0 bridgehead atoms. The summed E-state index contributed by atoms with van der Waals surface area (Å²) in [6.45, 7) is 3.30. The van der Waals surface area contributed by atoms with Gasteiger partial charge in [0.25, 0.3) is 10.0 Å². The molecule has 1 atom stereocenters. The summed E-state index contributed by atoms with van der Waals surface area (Å²) in [7, 11) is 0.163. The van der Waals surface area contributed by atoms with Crippen molar-refractivity contribution < 1.29 is 27.5 Å². The van der Waals surface area contributed by atoms with Crippen LogP contribution in [0.4, 0.5) is 5.69 Å². The molecule has 0 spiro atoms. The number of benzene rings is 3. The van der Waals surface area contributed by atoms with Gasteiger partial charge in [-0.1, -0.05) is 55.0 Å². The van der Waals surface area contributed by atoms with Crippen LogP contribution in [-0.4, -0.2) is 59.0 Å². The van der Waals surface area contributed by atoms with E-state index < -0.39 is 28.5 Å². The molecule has 0 heterocycles. The number of carbonyl (C=O) groups is 2. The third-order valence-electron chi connectivity index (χ3n) is 6.33. The van der Waals surface area contributed by atoms with Crippen molar-refractivity contribution in [2.75, 3.05) is 32.1 Å². The number of hydrogen-bond donors (Lipinski definition) is 1. The molecule has 0 radical (unpaired) electrons. The van der Waals surface area contributed by atoms with Crippen molar-refractivity contribution in [2.45, 2.75) is 37.8 Å². The van der Waals surface area contributed by atoms with Gasteiger partial charge in [0.05, 0.1) is 24.8 Å². The maximum absolute atomic E-state index is 14.0. The largest absolute Gasteiger partial charge is 0.497 e. The van der Waals surface area contributed by atoms with E-state index in [1.165, 1.54) is 44.4 Å². The predicted molar refractivity (Wildman–Crippen MR) is 150 cm³/mol. The average molecular weight is 554 g/mol. The van der Waals surface area contributed by atoms with E-state index in [9.17, 15) is 18.0 Å². The van der Waals surface area contributed by atoms with E-state index >= 15 is 0 Å². The van der Waals surface area contributed by atoms with Gasteiger partial charge >= 0.3 is 0 Å². The molecule has 0 aliphatic carbocycles. The van der Waals surface area contributed by atoms with E-state index in [-0.39, 0.29) is 28.8 Å². The third-order valence-corrected chi connectivity index (χ3v) is 8.11. The molecule has 39 heavy (non-hydrogen) atoms. The molecular formula is C29H35N3O6S. The number of likely N-dealkylation sites (N-methyl/N-ethyl adjacent to an activating group) is 1. The molecule has 2 amide bonds. The molecule has 0 aliphatic heterocycles. The van der Waals surface area contributed by atoms with Crippen LogP contribution in [0.15, 0.2) is 77.7 Å². The van der Waals surface area contributed by atoms with Gasteiger partial charge < -0.3 is 19.7 Å². The van der Waals surface area contributed by atoms with Gasteiger partial charge in [-0.15, -0.1) is 0 Å². The van der Waals surface area contributed by atoms with Crippen molar-refractivity contribution in [1.29, 1.82) is 0 Å². The summed E-state index contributed by atoms with van der Waals surface area (Å²) in [5.74, 6) is -0.252. The number of hydrogen-bond acceptors (Lipinski definition) is 6. The normalized spacial score (nSPS) is 11.8. The second-order valence-corrected chi connectivity index (χ2v) is 10.8. The Bertz CT molecular complexity index is 1400. The quantitative estimate of drug-likeness (QED) is 0.366. The molecule has 0 saturated heterocycles. The van der Waals surface area contributed by atoms with Crippen LogP contribution in [-0.2, 0) is 26.2 Å². The number of anilines is 1. The molecule has 208 valence electrons. The first kappa shape index (κ1) is 29.5. The Morgan fingerprint density at radius 3 is 2.26 bits per heavy atom. The van der Waals surface area contributed by atoms with Crippen LogP contribution >= 0.6 is 0 Å². The number of ether oxygens (including phenoxy) is 2. The van der Waals surface area contributed by atoms with Crippen LogP contribution in [0, 0.1) is 6.92 Å². The van der Waals surface area contributed by atoms with Gasteiger partial charge in [0.2, 0.25) is 11.8 Å². The molecular weight excluding hydrogens is 518 g/mol. The second kappa shape index (κ2) is 13.1. The SMILES string of the molecule is CCC(C(=O)NC)N(Cc1cccc(C)c1)C(=O)CN(c1cc(OC)ccc1OC)S(=O)(=O)c1ccccc1. The fraction of sp³-hybridized carbons (Fsp3) is 0.310. The molecule has 1 unspecified atom stereocenters. The van der Waals surface area contributed by atoms with Gasteiger partial charge in [0.1, 0.15) is 24.1 Å². The van der Waals surface area contributed by atoms with E-state index in [4.69, 9.17) is 9.47 Å². The zero-order valence-corrected chi connectivity index (χ0v) is 23.7. The summed E-state index contributed by atoms with van der Waals surface area (Å²) in [5, 5.41) is 2.62. The smallest absolute Gasteiger partial charge is 0.264 e. The van der Waals surface area contributed by atoms with Crippen LogP contribution in [0.1, 0.15) is 24.5 Å². The zero-order valence-electron chi connectivity index (χ0n) is 22.9. The summed E-state index contributed by atoms with van der Waals surface area (Å²) in [6, 6.07) is 19.4. The van der Waals surface area contributed by atoms with Gasteiger partial charge in [0, 0.05) is 19.7 Å². The number of nitrogens with zero attached hydrogens (tertiary/aromatic N) is 2. The van der Waals surface area contributed by atoms with E-state index in [2.05, 4.69) is 5.32 Å². The van der Waals surface area contributed by atoms with Crippen LogP contribution in [0.25, 0.3) is 0 Å². The lowest BCUT2D eigenvalue weighted by molar-refractivity contribution is -0.140. The molecule has 0 fully saturated rings. The average Bonchev–Trinajstić information content (AvgIpc) is 2.95. The molecule has 0 aliphatic rings. The van der Waals surface area contributed by atoms with Crippen molar-refractivity contribution >= 4 is 27.5 Å². The Balaban J connectivity index is 2.14. The van der Waals surface area contributed by atoms with Crippen molar-refractivity contribution in [2.24, 2.45) is 0 Å². The molecule has 3 rings (SSSR count). The lowest BCUT2D eigenvalue weighted by Crippen LogP contribution is -2.51. The molecule has 1 N–H and O–H groups in total. The first-order valence-corrected chi connectivity index (χ1v) is 14.0. The predicted octanol–water partition coefficient (Wildman–Crippen LogP) is 3.76. The number of amides is 2. The lowest BCUT2D eigenvalue weighted by Gasteiger charge is -2.33. The van der Waals surface area contributed by atoms with Crippen LogP contribution in [0.2, 0.25) is 0 Å². The summed E-state index contributed by atoms with van der Waals surface area (Å²) in [4.78, 5) is 28.3. The highest BCUT2D eigenvalue weighted by Gasteiger charge is 2.34. The molecule has 9 nitrogen and oxygen atoms in total. The minimum absolute atomic E-state index is 0.00579. The van der Waals surface area contributed by atoms with Gasteiger partial charge in [0.15, 0.2) is 0 Å². The molecule has 3 aromatic carbocycles. The first-order valence-electron chi connectivity index (χ1n) is 12.5. The minimum atomic E-state index is -4.23. The molecule has 0 saturated carbocycles. The van der Waals surface area contributed by atoms with Gasteiger partial charge in [-0.3, -0.25) is 13.9 Å². The molecule has 0 aromatic heterocycles. The highest BCUT2D eigenvalue weighted by atomic mass is 32.2. The number of methoxy groups -OCH3 is 2. The Labute approximate surface area is 230 Å². The number of rotatable bonds is 12. The van der Waals surface area contributed by atoms with Crippen LogP contribution in [0.5, 0.6) is 11.5 Å². The van der Waals surface area contributed by atoms with Crippen molar-refractivity contribution in [3.8, 4) is 11.5 Å². The Morgan fingerprint density at radius 1 is 0.949 bits per heavy atom. The zero-order chi connectivity index (χ0) is 28.6. The Hall–Kier alpha value is -4.05. The fourth-order valence-electron chi connectivity index (χ4n) is 4.32. The van der Waals surface area contributed by atoms with Crippen molar-refractivity contribution in [3.63, 3.8) is 0 Å². The number of carbonyl (C=O) groups excluding carboxylic acids is 2. The van der Waals surface area contributed by atoms with Gasteiger partial charge in [-0.05, 0) is 43.2 Å². The monoisotopic (exact) mass is 553 g/mol. The van der Waals surface area contributed by atoms with Crippen LogP contribution in [0.3, 0.4) is 0 Å². The second-order valence-electron chi connectivity index (χ2n) is 8.91. The number of aryl methyl sites for hydroxylation is 1. The van der Waals surface area contributed by atoms with E-state index in [1.807, 2.05) is 31.2 Å². The number of sulfonamides is 1. The number of nitrogens with one attached hydrogen (secondary N) is 1. The molecule has 10 heteroatoms. The van der Waals surface area contributed by atoms with Crippen molar-refractivity contribution in [1.82, 2.24) is 10.2 Å². The van der Waals surface area contributed by atoms with Crippen LogP contribution < -0.4 is 19.1 Å². The maximum atomic E-state index is 14.0. The minimum Gasteiger partial charge on any atom is -0.497 e. The standard InChI is InChI=1S/C29H35N3O6S/c1-6-25(29(34)30-3)31(19-22-12-10-11-21(2)17-22)28(33)20-32(39(35,36)24-13-8-7-9-14-24)26-18-23(37-4)15-16-27(26)38-5/h7-18,25H,6,19-20H2,1-5H3,(H,30,34). The highest BCUT2D eigenvalue weighted by Crippen LogP contribution is 2.36. The summed E-state index contributed by atoms with van der Waals surface area (Å²) >= 11 is 0. The third kappa shape index (κ3) is 6.88. The summed E-state index contributed by atoms with van der Waals surface area (Å²) in [6.07, 6.45) is 0.338. The maximum Gasteiger partial charge on any atom is 0.264 e. The first-order chi connectivity index (χ1) is 18.7. The van der Waals surface area contributed by atoms with Gasteiger partial charge in [-0.25, -0.2) is 8.42 Å². The topological polar surface area (TPSA) is 105 Å². The lowest BCUT2D eigenvalue weighted by atomic mass is 10.1. The van der Waals surface area contributed by atoms with E-state index in [0.29, 0.717) is 12.2 Å².